The fourth-order valence-corrected chi connectivity index (χ4v) is 2.70. The van der Waals surface area contributed by atoms with Crippen LogP contribution < -0.4 is 5.32 Å². The van der Waals surface area contributed by atoms with Crippen LogP contribution in [-0.4, -0.2) is 32.7 Å². The van der Waals surface area contributed by atoms with E-state index in [0.29, 0.717) is 5.92 Å². The second-order valence-corrected chi connectivity index (χ2v) is 5.28. The fourth-order valence-electron chi connectivity index (χ4n) is 2.70. The molecule has 1 heterocycles. The number of rotatable bonds is 6. The largest absolute Gasteiger partial charge is 0.393 e. The summed E-state index contributed by atoms with van der Waals surface area (Å²) in [6, 6.07) is 0. The molecule has 0 aliphatic heterocycles. The minimum absolute atomic E-state index is 0.0555. The van der Waals surface area contributed by atoms with Gasteiger partial charge in [0.05, 0.1) is 18.0 Å². The normalized spacial score (nSPS) is 24.3. The smallest absolute Gasteiger partial charge is 0.0738 e. The van der Waals surface area contributed by atoms with E-state index in [1.54, 1.807) is 10.9 Å². The molecule has 5 nitrogen and oxygen atoms in total. The van der Waals surface area contributed by atoms with Crippen LogP contribution in [-0.2, 0) is 13.6 Å². The number of aliphatic hydroxyl groups excluding tert-OH is 1. The summed E-state index contributed by atoms with van der Waals surface area (Å²) < 4.78 is 1.79. The van der Waals surface area contributed by atoms with Crippen molar-refractivity contribution in [3.63, 3.8) is 0 Å². The number of aliphatic hydroxyl groups is 1. The van der Waals surface area contributed by atoms with E-state index in [0.717, 1.165) is 38.0 Å². The zero-order valence-electron chi connectivity index (χ0n) is 11.2. The predicted octanol–water partition coefficient (Wildman–Crippen LogP) is 1.24. The lowest BCUT2D eigenvalue weighted by molar-refractivity contribution is 0.0643. The molecule has 2 atom stereocenters. The summed E-state index contributed by atoms with van der Waals surface area (Å²) in [5.74, 6) is 0.527. The van der Waals surface area contributed by atoms with Gasteiger partial charge in [-0.2, -0.15) is 0 Å². The SMILES string of the molecule is Cn1nncc1CNCCCC1CCCCC1O. The van der Waals surface area contributed by atoms with Crippen molar-refractivity contribution in [2.45, 2.75) is 51.2 Å². The van der Waals surface area contributed by atoms with Gasteiger partial charge in [0.2, 0.25) is 0 Å². The van der Waals surface area contributed by atoms with Gasteiger partial charge >= 0.3 is 0 Å². The summed E-state index contributed by atoms with van der Waals surface area (Å²) >= 11 is 0. The first-order chi connectivity index (χ1) is 8.77. The first-order valence-electron chi connectivity index (χ1n) is 6.99. The Bertz CT molecular complexity index is 353. The molecule has 1 aliphatic carbocycles. The number of nitrogens with zero attached hydrogens (tertiary/aromatic N) is 3. The Morgan fingerprint density at radius 3 is 3.00 bits per heavy atom. The summed E-state index contributed by atoms with van der Waals surface area (Å²) in [7, 11) is 1.91. The van der Waals surface area contributed by atoms with Crippen molar-refractivity contribution >= 4 is 0 Å². The highest BCUT2D eigenvalue weighted by Crippen LogP contribution is 2.27. The van der Waals surface area contributed by atoms with Crippen molar-refractivity contribution < 1.29 is 5.11 Å². The molecule has 102 valence electrons. The Kier molecular flexibility index (Phi) is 5.13. The summed E-state index contributed by atoms with van der Waals surface area (Å²) in [5, 5.41) is 21.0. The number of aryl methyl sites for hydroxylation is 1. The Morgan fingerprint density at radius 2 is 2.28 bits per heavy atom. The third-order valence-corrected chi connectivity index (χ3v) is 3.91. The van der Waals surface area contributed by atoms with Gasteiger partial charge in [0.1, 0.15) is 0 Å². The summed E-state index contributed by atoms with van der Waals surface area (Å²) in [5.41, 5.74) is 1.10. The van der Waals surface area contributed by atoms with Gasteiger partial charge in [-0.05, 0) is 38.1 Å². The van der Waals surface area contributed by atoms with Crippen LogP contribution in [0.25, 0.3) is 0 Å². The lowest BCUT2D eigenvalue weighted by atomic mass is 9.83. The van der Waals surface area contributed by atoms with Crippen molar-refractivity contribution in [3.8, 4) is 0 Å². The summed E-state index contributed by atoms with van der Waals surface area (Å²) in [4.78, 5) is 0. The van der Waals surface area contributed by atoms with E-state index in [1.165, 1.54) is 19.3 Å². The molecule has 1 saturated carbocycles. The second-order valence-electron chi connectivity index (χ2n) is 5.28. The molecule has 1 aliphatic rings. The fraction of sp³-hybridized carbons (Fsp3) is 0.846. The van der Waals surface area contributed by atoms with Gasteiger partial charge in [-0.1, -0.05) is 18.1 Å². The quantitative estimate of drug-likeness (QED) is 0.748. The minimum atomic E-state index is -0.0555. The van der Waals surface area contributed by atoms with E-state index in [-0.39, 0.29) is 6.10 Å². The molecule has 2 N–H and O–H groups in total. The summed E-state index contributed by atoms with van der Waals surface area (Å²) in [6.45, 7) is 1.81. The Morgan fingerprint density at radius 1 is 1.44 bits per heavy atom. The van der Waals surface area contributed by atoms with Crippen LogP contribution in [0, 0.1) is 5.92 Å². The molecular formula is C13H24N4O. The van der Waals surface area contributed by atoms with Crippen molar-refractivity contribution in [2.75, 3.05) is 6.54 Å². The number of hydrogen-bond donors (Lipinski definition) is 2. The van der Waals surface area contributed by atoms with Gasteiger partial charge in [0.25, 0.3) is 0 Å². The molecule has 18 heavy (non-hydrogen) atoms. The molecule has 2 rings (SSSR count). The summed E-state index contributed by atoms with van der Waals surface area (Å²) in [6.07, 6.45) is 8.69. The monoisotopic (exact) mass is 252 g/mol. The van der Waals surface area contributed by atoms with Crippen molar-refractivity contribution in [1.82, 2.24) is 20.3 Å². The van der Waals surface area contributed by atoms with Crippen molar-refractivity contribution in [2.24, 2.45) is 13.0 Å². The van der Waals surface area contributed by atoms with Crippen LogP contribution in [0.15, 0.2) is 6.20 Å². The zero-order valence-corrected chi connectivity index (χ0v) is 11.2. The van der Waals surface area contributed by atoms with E-state index in [2.05, 4.69) is 15.6 Å². The maximum Gasteiger partial charge on any atom is 0.0738 e. The Labute approximate surface area is 109 Å². The molecule has 2 unspecified atom stereocenters. The van der Waals surface area contributed by atoms with E-state index < -0.39 is 0 Å². The van der Waals surface area contributed by atoms with Gasteiger partial charge in [0, 0.05) is 13.6 Å². The molecule has 0 bridgehead atoms. The van der Waals surface area contributed by atoms with Crippen LogP contribution >= 0.6 is 0 Å². The van der Waals surface area contributed by atoms with Crippen LogP contribution in [0.4, 0.5) is 0 Å². The zero-order chi connectivity index (χ0) is 12.8. The van der Waals surface area contributed by atoms with Gasteiger partial charge in [-0.15, -0.1) is 5.10 Å². The standard InChI is InChI=1S/C13H24N4O/c1-17-12(10-15-16-17)9-14-8-4-6-11-5-2-3-7-13(11)18/h10-11,13-14,18H,2-9H2,1H3. The van der Waals surface area contributed by atoms with Crippen LogP contribution in [0.2, 0.25) is 0 Å². The number of hydrogen-bond acceptors (Lipinski definition) is 4. The van der Waals surface area contributed by atoms with E-state index in [4.69, 9.17) is 0 Å². The number of nitrogens with one attached hydrogen (secondary N) is 1. The molecule has 0 saturated heterocycles. The highest BCUT2D eigenvalue weighted by atomic mass is 16.3. The first kappa shape index (κ1) is 13.5. The highest BCUT2D eigenvalue weighted by Gasteiger charge is 2.21. The molecule has 1 aromatic heterocycles. The average Bonchev–Trinajstić information content (AvgIpc) is 2.77. The van der Waals surface area contributed by atoms with E-state index in [9.17, 15) is 5.11 Å². The molecule has 1 aromatic rings. The molecule has 0 radical (unpaired) electrons. The Balaban J connectivity index is 1.57. The topological polar surface area (TPSA) is 63.0 Å². The van der Waals surface area contributed by atoms with Gasteiger partial charge in [0.15, 0.2) is 0 Å². The van der Waals surface area contributed by atoms with Gasteiger partial charge in [-0.25, -0.2) is 0 Å². The van der Waals surface area contributed by atoms with Crippen LogP contribution in [0.1, 0.15) is 44.2 Å². The van der Waals surface area contributed by atoms with Crippen molar-refractivity contribution in [1.29, 1.82) is 0 Å². The minimum Gasteiger partial charge on any atom is -0.393 e. The lowest BCUT2D eigenvalue weighted by Crippen LogP contribution is -2.25. The maximum atomic E-state index is 9.87. The van der Waals surface area contributed by atoms with Crippen molar-refractivity contribution in [3.05, 3.63) is 11.9 Å². The lowest BCUT2D eigenvalue weighted by Gasteiger charge is -2.27. The first-order valence-corrected chi connectivity index (χ1v) is 6.99. The molecular weight excluding hydrogens is 228 g/mol. The third kappa shape index (κ3) is 3.78. The molecule has 0 spiro atoms. The van der Waals surface area contributed by atoms with E-state index >= 15 is 0 Å². The average molecular weight is 252 g/mol. The Hall–Kier alpha value is -0.940. The van der Waals surface area contributed by atoms with E-state index in [1.807, 2.05) is 7.05 Å². The molecule has 0 aromatic carbocycles. The maximum absolute atomic E-state index is 9.87. The third-order valence-electron chi connectivity index (χ3n) is 3.91. The predicted molar refractivity (Wildman–Crippen MR) is 69.9 cm³/mol. The number of aromatic nitrogens is 3. The molecule has 0 amide bonds. The molecule has 5 heteroatoms. The van der Waals surface area contributed by atoms with Crippen LogP contribution in [0.5, 0.6) is 0 Å². The van der Waals surface area contributed by atoms with Gasteiger partial charge in [-0.3, -0.25) is 4.68 Å². The second kappa shape index (κ2) is 6.85. The molecule has 1 fully saturated rings. The highest BCUT2D eigenvalue weighted by molar-refractivity contribution is 4.91. The van der Waals surface area contributed by atoms with Gasteiger partial charge < -0.3 is 10.4 Å². The van der Waals surface area contributed by atoms with Crippen LogP contribution in [0.3, 0.4) is 0 Å².